The van der Waals surface area contributed by atoms with Crippen LogP contribution >= 0.6 is 0 Å². The van der Waals surface area contributed by atoms with Crippen LogP contribution in [0.25, 0.3) is 10.9 Å². The number of hydrogen-bond acceptors (Lipinski definition) is 5. The Balaban J connectivity index is 1.06. The molecule has 1 saturated heterocycles. The fourth-order valence-corrected chi connectivity index (χ4v) is 7.67. The minimum atomic E-state index is -3.89. The molecule has 1 aromatic heterocycles. The van der Waals surface area contributed by atoms with Crippen molar-refractivity contribution < 1.29 is 18.0 Å². The summed E-state index contributed by atoms with van der Waals surface area (Å²) in [5.74, 6) is 0.560. The summed E-state index contributed by atoms with van der Waals surface area (Å²) in [7, 11) is -3.89. The molecule has 9 heteroatoms. The molecular weight excluding hydrogens is 572 g/mol. The maximum absolute atomic E-state index is 13.6. The number of para-hydroxylation sites is 1. The number of fused-ring (bicyclic) bond motifs is 1. The Morgan fingerprint density at radius 1 is 0.818 bits per heavy atom. The molecule has 0 unspecified atom stereocenters. The minimum Gasteiger partial charge on any atom is -0.338 e. The van der Waals surface area contributed by atoms with E-state index >= 15 is 0 Å². The highest BCUT2D eigenvalue weighted by Crippen LogP contribution is 2.35. The van der Waals surface area contributed by atoms with Gasteiger partial charge in [-0.15, -0.1) is 0 Å². The van der Waals surface area contributed by atoms with E-state index in [1.807, 2.05) is 30.9 Å². The summed E-state index contributed by atoms with van der Waals surface area (Å²) in [5.41, 5.74) is 2.92. The van der Waals surface area contributed by atoms with Gasteiger partial charge in [0.2, 0.25) is 5.91 Å². The molecule has 1 aliphatic heterocycles. The zero-order valence-corrected chi connectivity index (χ0v) is 26.0. The Labute approximate surface area is 259 Å². The lowest BCUT2D eigenvalue weighted by molar-refractivity contribution is -0.137. The van der Waals surface area contributed by atoms with E-state index in [0.717, 1.165) is 10.9 Å². The zero-order chi connectivity index (χ0) is 30.9. The number of piperazine rings is 1. The van der Waals surface area contributed by atoms with Crippen molar-refractivity contribution in [3.05, 3.63) is 102 Å². The van der Waals surface area contributed by atoms with E-state index in [1.165, 1.54) is 37.3 Å². The maximum atomic E-state index is 13.6. The van der Waals surface area contributed by atoms with Gasteiger partial charge in [-0.2, -0.15) is 0 Å². The summed E-state index contributed by atoms with van der Waals surface area (Å²) >= 11 is 0. The summed E-state index contributed by atoms with van der Waals surface area (Å²) in [6, 6.07) is 23.6. The fourth-order valence-electron chi connectivity index (χ4n) is 6.43. The zero-order valence-electron chi connectivity index (χ0n) is 25.2. The number of hydrogen-bond donors (Lipinski definition) is 1. The number of pyridine rings is 1. The Kier molecular flexibility index (Phi) is 8.16. The summed E-state index contributed by atoms with van der Waals surface area (Å²) in [5, 5.41) is 0.731. The molecule has 44 heavy (non-hydrogen) atoms. The molecule has 0 spiro atoms. The van der Waals surface area contributed by atoms with E-state index in [-0.39, 0.29) is 16.7 Å². The van der Waals surface area contributed by atoms with Crippen molar-refractivity contribution in [1.82, 2.24) is 14.8 Å². The van der Waals surface area contributed by atoms with E-state index in [9.17, 15) is 18.0 Å². The highest BCUT2D eigenvalue weighted by atomic mass is 32.2. The Morgan fingerprint density at radius 3 is 2.14 bits per heavy atom. The Morgan fingerprint density at radius 2 is 1.45 bits per heavy atom. The van der Waals surface area contributed by atoms with Crippen LogP contribution in [0, 0.1) is 0 Å². The predicted molar refractivity (Wildman–Crippen MR) is 172 cm³/mol. The summed E-state index contributed by atoms with van der Waals surface area (Å²) in [6.07, 6.45) is 6.65. The first kappa shape index (κ1) is 29.8. The molecule has 1 saturated carbocycles. The van der Waals surface area contributed by atoms with E-state index in [1.54, 1.807) is 47.5 Å². The first-order valence-corrected chi connectivity index (χ1v) is 16.8. The van der Waals surface area contributed by atoms with Gasteiger partial charge in [0.25, 0.3) is 15.9 Å². The van der Waals surface area contributed by atoms with Crippen molar-refractivity contribution in [1.29, 1.82) is 0 Å². The number of anilines is 1. The van der Waals surface area contributed by atoms with Crippen molar-refractivity contribution >= 4 is 38.4 Å². The average molecular weight is 611 g/mol. The highest BCUT2D eigenvalue weighted by Gasteiger charge is 2.36. The molecule has 3 aromatic carbocycles. The van der Waals surface area contributed by atoms with Gasteiger partial charge in [-0.25, -0.2) is 8.42 Å². The number of aromatic nitrogens is 1. The number of nitrogens with zero attached hydrogens (tertiary/aromatic N) is 3. The third kappa shape index (κ3) is 5.93. The first-order valence-electron chi connectivity index (χ1n) is 15.3. The summed E-state index contributed by atoms with van der Waals surface area (Å²) in [4.78, 5) is 34.8. The monoisotopic (exact) mass is 610 g/mol. The molecule has 2 amide bonds. The molecule has 228 valence electrons. The molecule has 2 heterocycles. The number of sulfonamides is 1. The van der Waals surface area contributed by atoms with Gasteiger partial charge in [0.05, 0.1) is 10.9 Å². The SMILES string of the molecule is CC(C)(C(=O)N1CCN(C(=O)c2ccc(NS(=O)(=O)c3cccc4cccnc34)cc2)CC1)c1ccc(C2CCCC2)cc1. The van der Waals surface area contributed by atoms with Crippen LogP contribution in [0.2, 0.25) is 0 Å². The average Bonchev–Trinajstić information content (AvgIpc) is 3.59. The van der Waals surface area contributed by atoms with Crippen LogP contribution < -0.4 is 4.72 Å². The highest BCUT2D eigenvalue weighted by molar-refractivity contribution is 7.93. The number of rotatable bonds is 7. The molecule has 8 nitrogen and oxygen atoms in total. The predicted octanol–water partition coefficient (Wildman–Crippen LogP) is 5.96. The van der Waals surface area contributed by atoms with Crippen LogP contribution in [0.15, 0.2) is 90.0 Å². The van der Waals surface area contributed by atoms with Crippen LogP contribution in [0.5, 0.6) is 0 Å². The normalized spacial score (nSPS) is 16.3. The molecule has 1 aliphatic carbocycles. The largest absolute Gasteiger partial charge is 0.338 e. The third-order valence-corrected chi connectivity index (χ3v) is 10.5. The topological polar surface area (TPSA) is 99.7 Å². The van der Waals surface area contributed by atoms with Crippen LogP contribution in [0.3, 0.4) is 0 Å². The molecule has 6 rings (SSSR count). The van der Waals surface area contributed by atoms with Gasteiger partial charge in [-0.3, -0.25) is 19.3 Å². The standard InChI is InChI=1S/C35H38N4O4S/c1-35(2,29-16-12-26(13-17-29)25-7-3-4-8-25)34(41)39-23-21-38(22-24-39)33(40)28-14-18-30(19-15-28)37-44(42,43)31-11-5-9-27-10-6-20-36-32(27)31/h5-6,9-20,25,37H,3-4,7-8,21-24H2,1-2H3. The maximum Gasteiger partial charge on any atom is 0.264 e. The quantitative estimate of drug-likeness (QED) is 0.279. The van der Waals surface area contributed by atoms with E-state index < -0.39 is 15.4 Å². The van der Waals surface area contributed by atoms with Gasteiger partial charge >= 0.3 is 0 Å². The second-order valence-corrected chi connectivity index (χ2v) is 14.0. The number of amides is 2. The molecule has 0 radical (unpaired) electrons. The molecule has 0 atom stereocenters. The van der Waals surface area contributed by atoms with E-state index in [2.05, 4.69) is 34.0 Å². The van der Waals surface area contributed by atoms with Crippen molar-refractivity contribution in [2.24, 2.45) is 0 Å². The third-order valence-electron chi connectivity index (χ3n) is 9.12. The minimum absolute atomic E-state index is 0.0660. The summed E-state index contributed by atoms with van der Waals surface area (Å²) < 4.78 is 28.9. The molecule has 4 aromatic rings. The smallest absolute Gasteiger partial charge is 0.264 e. The molecule has 2 fully saturated rings. The Bertz CT molecular complexity index is 1770. The molecular formula is C35H38N4O4S. The molecule has 2 aliphatic rings. The van der Waals surface area contributed by atoms with Gasteiger partial charge in [0.15, 0.2) is 0 Å². The first-order chi connectivity index (χ1) is 21.1. The van der Waals surface area contributed by atoms with Gasteiger partial charge in [-0.05, 0) is 80.1 Å². The van der Waals surface area contributed by atoms with E-state index in [4.69, 9.17) is 0 Å². The Hall–Kier alpha value is -4.24. The van der Waals surface area contributed by atoms with Crippen molar-refractivity contribution in [2.45, 2.75) is 55.8 Å². The van der Waals surface area contributed by atoms with Crippen molar-refractivity contribution in [2.75, 3.05) is 30.9 Å². The number of nitrogens with one attached hydrogen (secondary N) is 1. The van der Waals surface area contributed by atoms with Gasteiger partial charge in [0, 0.05) is 49.0 Å². The lowest BCUT2D eigenvalue weighted by Gasteiger charge is -2.39. The van der Waals surface area contributed by atoms with Crippen molar-refractivity contribution in [3.8, 4) is 0 Å². The van der Waals surface area contributed by atoms with Crippen molar-refractivity contribution in [3.63, 3.8) is 0 Å². The van der Waals surface area contributed by atoms with Gasteiger partial charge in [0.1, 0.15) is 4.90 Å². The van der Waals surface area contributed by atoms with Gasteiger partial charge in [-0.1, -0.05) is 55.3 Å². The van der Waals surface area contributed by atoms with Gasteiger partial charge < -0.3 is 9.80 Å². The summed E-state index contributed by atoms with van der Waals surface area (Å²) in [6.45, 7) is 5.75. The van der Waals surface area contributed by atoms with E-state index in [0.29, 0.717) is 48.9 Å². The molecule has 1 N–H and O–H groups in total. The van der Waals surface area contributed by atoms with Crippen LogP contribution in [0.4, 0.5) is 5.69 Å². The van der Waals surface area contributed by atoms with Crippen LogP contribution in [-0.2, 0) is 20.2 Å². The second-order valence-electron chi connectivity index (χ2n) is 12.3. The van der Waals surface area contributed by atoms with Crippen LogP contribution in [-0.4, -0.2) is 61.2 Å². The number of carbonyl (C=O) groups excluding carboxylic acids is 2. The number of benzene rings is 3. The molecule has 0 bridgehead atoms. The lowest BCUT2D eigenvalue weighted by Crippen LogP contribution is -2.54. The second kappa shape index (κ2) is 12.0. The van der Waals surface area contributed by atoms with Crippen LogP contribution in [0.1, 0.15) is 66.9 Å². The fraction of sp³-hybridized carbons (Fsp3) is 0.343. The number of carbonyl (C=O) groups is 2. The lowest BCUT2D eigenvalue weighted by atomic mass is 9.82.